The molecule has 96 valence electrons. The van der Waals surface area contributed by atoms with Crippen LogP contribution in [0.1, 0.15) is 39.5 Å². The van der Waals surface area contributed by atoms with Crippen LogP contribution in [-0.2, 0) is 0 Å². The maximum atomic E-state index is 6.22. The molecular weight excluding hydrogens is 198 g/mol. The first-order chi connectivity index (χ1) is 7.31. The van der Waals surface area contributed by atoms with E-state index in [0.717, 1.165) is 19.5 Å². The van der Waals surface area contributed by atoms with Crippen LogP contribution in [0, 0.1) is 0 Å². The van der Waals surface area contributed by atoms with Crippen molar-refractivity contribution in [1.82, 2.24) is 9.80 Å². The molecule has 0 saturated heterocycles. The first-order valence-electron chi connectivity index (χ1n) is 6.46. The predicted molar refractivity (Wildman–Crippen MR) is 70.6 cm³/mol. The van der Waals surface area contributed by atoms with E-state index in [1.54, 1.807) is 0 Å². The van der Waals surface area contributed by atoms with E-state index in [4.69, 9.17) is 5.73 Å². The van der Waals surface area contributed by atoms with Crippen LogP contribution in [0.5, 0.6) is 0 Å². The van der Waals surface area contributed by atoms with Crippen LogP contribution in [0.4, 0.5) is 0 Å². The van der Waals surface area contributed by atoms with E-state index >= 15 is 0 Å². The van der Waals surface area contributed by atoms with Gasteiger partial charge in [-0.3, -0.25) is 0 Å². The number of likely N-dealkylation sites (N-methyl/N-ethyl adjacent to an activating group) is 2. The van der Waals surface area contributed by atoms with Crippen LogP contribution in [0.25, 0.3) is 0 Å². The van der Waals surface area contributed by atoms with Gasteiger partial charge in [-0.1, -0.05) is 6.92 Å². The van der Waals surface area contributed by atoms with Gasteiger partial charge in [-0.2, -0.15) is 0 Å². The van der Waals surface area contributed by atoms with Gasteiger partial charge in [-0.25, -0.2) is 0 Å². The summed E-state index contributed by atoms with van der Waals surface area (Å²) < 4.78 is 0. The second kappa shape index (κ2) is 5.03. The minimum Gasteiger partial charge on any atom is -0.324 e. The van der Waals surface area contributed by atoms with Gasteiger partial charge < -0.3 is 15.5 Å². The number of hydrogen-bond acceptors (Lipinski definition) is 3. The second-order valence-corrected chi connectivity index (χ2v) is 6.15. The van der Waals surface area contributed by atoms with Crippen LogP contribution >= 0.6 is 0 Å². The van der Waals surface area contributed by atoms with Crippen molar-refractivity contribution in [3.63, 3.8) is 0 Å². The summed E-state index contributed by atoms with van der Waals surface area (Å²) in [5.74, 6) is 0. The zero-order chi connectivity index (χ0) is 12.4. The SMILES string of the molecule is CCC(C)(N)CN(C)CC1(N(C)C)CCC1. The molecule has 0 heterocycles. The van der Waals surface area contributed by atoms with E-state index in [0.29, 0.717) is 5.54 Å². The molecule has 0 aromatic carbocycles. The van der Waals surface area contributed by atoms with Crippen molar-refractivity contribution in [2.45, 2.75) is 50.6 Å². The number of hydrogen-bond donors (Lipinski definition) is 1. The Morgan fingerprint density at radius 2 is 1.81 bits per heavy atom. The molecular formula is C13H29N3. The summed E-state index contributed by atoms with van der Waals surface area (Å²) >= 11 is 0. The molecule has 0 spiro atoms. The third kappa shape index (κ3) is 3.19. The summed E-state index contributed by atoms with van der Waals surface area (Å²) in [6.07, 6.45) is 5.07. The molecule has 0 bridgehead atoms. The lowest BCUT2D eigenvalue weighted by molar-refractivity contribution is 0.0229. The average Bonchev–Trinajstić information content (AvgIpc) is 2.10. The molecule has 1 atom stereocenters. The molecule has 1 rings (SSSR count). The summed E-state index contributed by atoms with van der Waals surface area (Å²) in [5, 5.41) is 0. The molecule has 0 aromatic heterocycles. The monoisotopic (exact) mass is 227 g/mol. The highest BCUT2D eigenvalue weighted by atomic mass is 15.2. The number of nitrogens with two attached hydrogens (primary N) is 1. The fourth-order valence-corrected chi connectivity index (χ4v) is 2.62. The summed E-state index contributed by atoms with van der Waals surface area (Å²) in [6.45, 7) is 6.44. The Morgan fingerprint density at radius 3 is 2.12 bits per heavy atom. The molecule has 1 unspecified atom stereocenters. The molecule has 0 radical (unpaired) electrons. The van der Waals surface area contributed by atoms with E-state index in [1.165, 1.54) is 19.3 Å². The lowest BCUT2D eigenvalue weighted by Gasteiger charge is -2.50. The highest BCUT2D eigenvalue weighted by Crippen LogP contribution is 2.36. The molecule has 3 nitrogen and oxygen atoms in total. The maximum absolute atomic E-state index is 6.22. The standard InChI is InChI=1S/C13H29N3/c1-6-12(2,14)10-16(5)11-13(15(3)4)8-7-9-13/h6-11,14H2,1-5H3. The maximum Gasteiger partial charge on any atom is 0.0330 e. The Morgan fingerprint density at radius 1 is 1.25 bits per heavy atom. The number of rotatable bonds is 6. The zero-order valence-electron chi connectivity index (χ0n) is 11.7. The Labute approximate surface area is 101 Å². The molecule has 0 aliphatic heterocycles. The largest absolute Gasteiger partial charge is 0.324 e. The predicted octanol–water partition coefficient (Wildman–Crippen LogP) is 1.53. The molecule has 1 aliphatic rings. The van der Waals surface area contributed by atoms with Crippen molar-refractivity contribution in [1.29, 1.82) is 0 Å². The van der Waals surface area contributed by atoms with Gasteiger partial charge in [-0.05, 0) is 53.8 Å². The molecule has 1 fully saturated rings. The van der Waals surface area contributed by atoms with Crippen molar-refractivity contribution in [3.8, 4) is 0 Å². The van der Waals surface area contributed by atoms with Crippen molar-refractivity contribution in [2.24, 2.45) is 5.73 Å². The lowest BCUT2D eigenvalue weighted by Crippen LogP contribution is -2.58. The zero-order valence-corrected chi connectivity index (χ0v) is 11.7. The van der Waals surface area contributed by atoms with E-state index in [2.05, 4.69) is 44.8 Å². The van der Waals surface area contributed by atoms with E-state index in [-0.39, 0.29) is 5.54 Å². The van der Waals surface area contributed by atoms with Gasteiger partial charge in [0.05, 0.1) is 0 Å². The Hall–Kier alpha value is -0.120. The van der Waals surface area contributed by atoms with Crippen molar-refractivity contribution < 1.29 is 0 Å². The first-order valence-corrected chi connectivity index (χ1v) is 6.46. The molecule has 2 N–H and O–H groups in total. The van der Waals surface area contributed by atoms with Crippen LogP contribution in [-0.4, -0.2) is 55.1 Å². The molecule has 16 heavy (non-hydrogen) atoms. The highest BCUT2D eigenvalue weighted by Gasteiger charge is 2.40. The Kier molecular flexibility index (Phi) is 4.38. The summed E-state index contributed by atoms with van der Waals surface area (Å²) in [5.41, 5.74) is 6.58. The molecule has 3 heteroatoms. The Bertz CT molecular complexity index is 219. The van der Waals surface area contributed by atoms with Gasteiger partial charge in [0.15, 0.2) is 0 Å². The third-order valence-corrected chi connectivity index (χ3v) is 4.24. The van der Waals surface area contributed by atoms with Gasteiger partial charge in [0.25, 0.3) is 0 Å². The van der Waals surface area contributed by atoms with Crippen molar-refractivity contribution in [2.75, 3.05) is 34.2 Å². The summed E-state index contributed by atoms with van der Waals surface area (Å²) in [6, 6.07) is 0. The smallest absolute Gasteiger partial charge is 0.0330 e. The van der Waals surface area contributed by atoms with Crippen LogP contribution in [0.2, 0.25) is 0 Å². The first kappa shape index (κ1) is 13.9. The summed E-state index contributed by atoms with van der Waals surface area (Å²) in [7, 11) is 6.60. The van der Waals surface area contributed by atoms with E-state index in [1.807, 2.05) is 0 Å². The van der Waals surface area contributed by atoms with Gasteiger partial charge in [0, 0.05) is 24.2 Å². The second-order valence-electron chi connectivity index (χ2n) is 6.15. The third-order valence-electron chi connectivity index (χ3n) is 4.24. The minimum absolute atomic E-state index is 0.0496. The van der Waals surface area contributed by atoms with Crippen molar-refractivity contribution in [3.05, 3.63) is 0 Å². The lowest BCUT2D eigenvalue weighted by atomic mass is 9.75. The van der Waals surface area contributed by atoms with Gasteiger partial charge in [0.1, 0.15) is 0 Å². The van der Waals surface area contributed by atoms with E-state index < -0.39 is 0 Å². The van der Waals surface area contributed by atoms with Gasteiger partial charge >= 0.3 is 0 Å². The Balaban J connectivity index is 2.47. The number of nitrogens with zero attached hydrogens (tertiary/aromatic N) is 2. The topological polar surface area (TPSA) is 32.5 Å². The van der Waals surface area contributed by atoms with Gasteiger partial charge in [-0.15, -0.1) is 0 Å². The molecule has 1 saturated carbocycles. The molecule has 0 amide bonds. The van der Waals surface area contributed by atoms with Crippen molar-refractivity contribution >= 4 is 0 Å². The van der Waals surface area contributed by atoms with E-state index in [9.17, 15) is 0 Å². The van der Waals surface area contributed by atoms with Crippen LogP contribution in [0.3, 0.4) is 0 Å². The fourth-order valence-electron chi connectivity index (χ4n) is 2.62. The highest BCUT2D eigenvalue weighted by molar-refractivity contribution is 4.98. The van der Waals surface area contributed by atoms with Gasteiger partial charge in [0.2, 0.25) is 0 Å². The molecule has 0 aromatic rings. The summed E-state index contributed by atoms with van der Waals surface area (Å²) in [4.78, 5) is 4.80. The molecule has 1 aliphatic carbocycles. The van der Waals surface area contributed by atoms with Crippen LogP contribution < -0.4 is 5.73 Å². The normalized spacial score (nSPS) is 23.2. The fraction of sp³-hybridized carbons (Fsp3) is 1.00. The average molecular weight is 227 g/mol. The quantitative estimate of drug-likeness (QED) is 0.747. The van der Waals surface area contributed by atoms with Crippen LogP contribution in [0.15, 0.2) is 0 Å². The minimum atomic E-state index is -0.0496.